The Morgan fingerprint density at radius 3 is 2.50 bits per heavy atom. The molecule has 2 aliphatic rings. The number of amides is 1. The Hall–Kier alpha value is -1.55. The summed E-state index contributed by atoms with van der Waals surface area (Å²) in [6.45, 7) is 5.22. The third kappa shape index (κ3) is 2.72. The Kier molecular flexibility index (Phi) is 4.13. The third-order valence-corrected chi connectivity index (χ3v) is 5.54. The molecule has 4 nitrogen and oxygen atoms in total. The summed E-state index contributed by atoms with van der Waals surface area (Å²) in [4.78, 5) is 16.3. The lowest BCUT2D eigenvalue weighted by molar-refractivity contribution is -0.130. The van der Waals surface area contributed by atoms with Gasteiger partial charge in [0.2, 0.25) is 5.91 Å². The molecular formula is C18H26N2O2. The minimum absolute atomic E-state index is 0.142. The number of ether oxygens (including phenoxy) is 1. The minimum atomic E-state index is 0.142. The molecule has 3 rings (SSSR count). The average molecular weight is 302 g/mol. The van der Waals surface area contributed by atoms with Crippen molar-refractivity contribution in [2.45, 2.75) is 44.7 Å². The van der Waals surface area contributed by atoms with Crippen LogP contribution in [0.2, 0.25) is 0 Å². The zero-order valence-corrected chi connectivity index (χ0v) is 13.9. The fraction of sp³-hybridized carbons (Fsp3) is 0.611. The van der Waals surface area contributed by atoms with Crippen molar-refractivity contribution in [2.75, 3.05) is 27.2 Å². The first-order valence-corrected chi connectivity index (χ1v) is 8.17. The Labute approximate surface area is 133 Å². The number of nitrogens with zero attached hydrogens (tertiary/aromatic N) is 2. The van der Waals surface area contributed by atoms with Gasteiger partial charge in [-0.25, -0.2) is 0 Å². The fourth-order valence-corrected chi connectivity index (χ4v) is 3.95. The van der Waals surface area contributed by atoms with Gasteiger partial charge >= 0.3 is 0 Å². The molecule has 0 aromatic heterocycles. The van der Waals surface area contributed by atoms with Crippen molar-refractivity contribution < 1.29 is 9.53 Å². The Balaban J connectivity index is 1.60. The highest BCUT2D eigenvalue weighted by Crippen LogP contribution is 2.38. The zero-order chi connectivity index (χ0) is 15.7. The van der Waals surface area contributed by atoms with Gasteiger partial charge in [0.25, 0.3) is 0 Å². The number of likely N-dealkylation sites (tertiary alicyclic amines) is 2. The quantitative estimate of drug-likeness (QED) is 0.860. The predicted molar refractivity (Wildman–Crippen MR) is 87.0 cm³/mol. The highest BCUT2D eigenvalue weighted by Gasteiger charge is 2.44. The molecule has 2 aliphatic heterocycles. The van der Waals surface area contributed by atoms with Crippen LogP contribution in [-0.4, -0.2) is 48.5 Å². The number of hydrogen-bond donors (Lipinski definition) is 0. The molecule has 0 N–H and O–H groups in total. The first-order valence-electron chi connectivity index (χ1n) is 8.17. The molecule has 0 aliphatic carbocycles. The topological polar surface area (TPSA) is 32.8 Å². The Bertz CT molecular complexity index is 562. The number of carbonyl (C=O) groups excluding carboxylic acids is 1. The zero-order valence-electron chi connectivity index (χ0n) is 13.9. The molecule has 2 heterocycles. The van der Waals surface area contributed by atoms with Gasteiger partial charge in [-0.2, -0.15) is 0 Å². The van der Waals surface area contributed by atoms with Crippen molar-refractivity contribution in [3.63, 3.8) is 0 Å². The molecule has 1 amide bonds. The maximum Gasteiger partial charge on any atom is 0.222 e. The lowest BCUT2D eigenvalue weighted by atomic mass is 9.85. The molecule has 4 heteroatoms. The van der Waals surface area contributed by atoms with E-state index in [4.69, 9.17) is 4.74 Å². The van der Waals surface area contributed by atoms with Gasteiger partial charge in [-0.05, 0) is 43.4 Å². The summed E-state index contributed by atoms with van der Waals surface area (Å²) >= 11 is 0. The first kappa shape index (κ1) is 15.3. The predicted octanol–water partition coefficient (Wildman–Crippen LogP) is 2.59. The van der Waals surface area contributed by atoms with E-state index >= 15 is 0 Å². The molecule has 22 heavy (non-hydrogen) atoms. The Morgan fingerprint density at radius 2 is 1.95 bits per heavy atom. The normalized spacial score (nSPS) is 21.6. The summed E-state index contributed by atoms with van der Waals surface area (Å²) < 4.78 is 5.32. The summed E-state index contributed by atoms with van der Waals surface area (Å²) in [5.41, 5.74) is 2.67. The van der Waals surface area contributed by atoms with Gasteiger partial charge in [0.15, 0.2) is 0 Å². The van der Waals surface area contributed by atoms with Crippen LogP contribution >= 0.6 is 0 Å². The average Bonchev–Trinajstić information content (AvgIpc) is 2.79. The van der Waals surface area contributed by atoms with Crippen molar-refractivity contribution in [1.29, 1.82) is 0 Å². The van der Waals surface area contributed by atoms with Crippen LogP contribution in [0.1, 0.15) is 36.8 Å². The first-order chi connectivity index (χ1) is 10.5. The van der Waals surface area contributed by atoms with Crippen LogP contribution in [0.25, 0.3) is 0 Å². The van der Waals surface area contributed by atoms with Crippen molar-refractivity contribution in [3.05, 3.63) is 29.3 Å². The van der Waals surface area contributed by atoms with Crippen LogP contribution in [0, 0.1) is 6.92 Å². The second-order valence-corrected chi connectivity index (χ2v) is 6.76. The number of carbonyl (C=O) groups is 1. The second-order valence-electron chi connectivity index (χ2n) is 6.76. The smallest absolute Gasteiger partial charge is 0.222 e. The van der Waals surface area contributed by atoms with E-state index in [2.05, 4.69) is 30.0 Å². The van der Waals surface area contributed by atoms with E-state index < -0.39 is 0 Å². The molecule has 1 spiro atoms. The number of methoxy groups -OCH3 is 1. The van der Waals surface area contributed by atoms with Crippen LogP contribution < -0.4 is 4.74 Å². The molecule has 2 fully saturated rings. The van der Waals surface area contributed by atoms with Gasteiger partial charge in [0.1, 0.15) is 5.75 Å². The monoisotopic (exact) mass is 302 g/mol. The van der Waals surface area contributed by atoms with Gasteiger partial charge in [-0.1, -0.05) is 12.1 Å². The van der Waals surface area contributed by atoms with Crippen LogP contribution in [0.15, 0.2) is 18.2 Å². The van der Waals surface area contributed by atoms with Gasteiger partial charge in [-0.15, -0.1) is 0 Å². The van der Waals surface area contributed by atoms with E-state index in [0.717, 1.165) is 51.1 Å². The van der Waals surface area contributed by atoms with Gasteiger partial charge in [-0.3, -0.25) is 9.69 Å². The SMILES string of the molecule is COc1ccc(CN2CCC3(CCC(=O)N3C)CC2)cc1C. The van der Waals surface area contributed by atoms with Crippen molar-refractivity contribution in [3.8, 4) is 5.75 Å². The highest BCUT2D eigenvalue weighted by atomic mass is 16.5. The molecule has 0 radical (unpaired) electrons. The third-order valence-electron chi connectivity index (χ3n) is 5.54. The summed E-state index contributed by atoms with van der Waals surface area (Å²) in [5.74, 6) is 1.27. The van der Waals surface area contributed by atoms with Crippen molar-refractivity contribution in [1.82, 2.24) is 9.80 Å². The van der Waals surface area contributed by atoms with Crippen molar-refractivity contribution >= 4 is 5.91 Å². The van der Waals surface area contributed by atoms with E-state index in [-0.39, 0.29) is 5.54 Å². The molecule has 1 aromatic carbocycles. The van der Waals surface area contributed by atoms with Crippen LogP contribution in [0.3, 0.4) is 0 Å². The largest absolute Gasteiger partial charge is 0.496 e. The number of piperidine rings is 1. The molecule has 120 valence electrons. The lowest BCUT2D eigenvalue weighted by Gasteiger charge is -2.43. The van der Waals surface area contributed by atoms with E-state index in [1.165, 1.54) is 11.1 Å². The molecule has 0 atom stereocenters. The Morgan fingerprint density at radius 1 is 1.23 bits per heavy atom. The molecule has 2 saturated heterocycles. The maximum absolute atomic E-state index is 11.8. The molecule has 1 aromatic rings. The van der Waals surface area contributed by atoms with Crippen LogP contribution in [0.4, 0.5) is 0 Å². The molecule has 0 unspecified atom stereocenters. The summed E-state index contributed by atoms with van der Waals surface area (Å²) in [7, 11) is 3.70. The summed E-state index contributed by atoms with van der Waals surface area (Å²) in [6, 6.07) is 6.43. The number of rotatable bonds is 3. The van der Waals surface area contributed by atoms with Gasteiger partial charge in [0, 0.05) is 38.6 Å². The second kappa shape index (κ2) is 5.92. The highest BCUT2D eigenvalue weighted by molar-refractivity contribution is 5.79. The molecule has 0 bridgehead atoms. The molecular weight excluding hydrogens is 276 g/mol. The fourth-order valence-electron chi connectivity index (χ4n) is 3.95. The minimum Gasteiger partial charge on any atom is -0.496 e. The van der Waals surface area contributed by atoms with E-state index in [1.54, 1.807) is 7.11 Å². The standard InChI is InChI=1S/C18H26N2O2/c1-14-12-15(4-5-16(14)22-3)13-20-10-8-18(9-11-20)7-6-17(21)19(18)2/h4-5,12H,6-11,13H2,1-3H3. The van der Waals surface area contributed by atoms with Crippen LogP contribution in [-0.2, 0) is 11.3 Å². The maximum atomic E-state index is 11.8. The van der Waals surface area contributed by atoms with Crippen molar-refractivity contribution in [2.24, 2.45) is 0 Å². The summed E-state index contributed by atoms with van der Waals surface area (Å²) in [5, 5.41) is 0. The number of aryl methyl sites for hydroxylation is 1. The van der Waals surface area contributed by atoms with Gasteiger partial charge < -0.3 is 9.64 Å². The van der Waals surface area contributed by atoms with Crippen LogP contribution in [0.5, 0.6) is 5.75 Å². The van der Waals surface area contributed by atoms with Gasteiger partial charge in [0.05, 0.1) is 7.11 Å². The number of hydrogen-bond acceptors (Lipinski definition) is 3. The molecule has 0 saturated carbocycles. The van der Waals surface area contributed by atoms with E-state index in [0.29, 0.717) is 5.91 Å². The van der Waals surface area contributed by atoms with E-state index in [1.807, 2.05) is 11.9 Å². The van der Waals surface area contributed by atoms with E-state index in [9.17, 15) is 4.79 Å². The lowest BCUT2D eigenvalue weighted by Crippen LogP contribution is -2.51. The summed E-state index contributed by atoms with van der Waals surface area (Å²) in [6.07, 6.45) is 3.97. The number of benzene rings is 1.